The molecule has 0 spiro atoms. The average Bonchev–Trinajstić information content (AvgIpc) is 2.92. The highest BCUT2D eigenvalue weighted by Gasteiger charge is 2.34. The summed E-state index contributed by atoms with van der Waals surface area (Å²) >= 11 is 0. The van der Waals surface area contributed by atoms with Gasteiger partial charge in [-0.25, -0.2) is 0 Å². The van der Waals surface area contributed by atoms with Gasteiger partial charge in [0, 0.05) is 24.7 Å². The van der Waals surface area contributed by atoms with Gasteiger partial charge in [0.1, 0.15) is 0 Å². The lowest BCUT2D eigenvalue weighted by Gasteiger charge is -2.27. The van der Waals surface area contributed by atoms with Gasteiger partial charge in [-0.05, 0) is 45.1 Å². The Labute approximate surface area is 86.3 Å². The van der Waals surface area contributed by atoms with Crippen LogP contribution in [0.3, 0.4) is 0 Å². The van der Waals surface area contributed by atoms with E-state index in [-0.39, 0.29) is 12.1 Å². The van der Waals surface area contributed by atoms with Crippen LogP contribution in [0, 0.1) is 0 Å². The van der Waals surface area contributed by atoms with E-state index in [2.05, 4.69) is 4.90 Å². The van der Waals surface area contributed by atoms with E-state index in [9.17, 15) is 0 Å². The minimum absolute atomic E-state index is 0.0849. The third kappa shape index (κ3) is 2.47. The number of nitrogens with zero attached hydrogens (tertiary/aromatic N) is 1. The van der Waals surface area contributed by atoms with E-state index >= 15 is 0 Å². The maximum Gasteiger partial charge on any atom is 0.0448 e. The van der Waals surface area contributed by atoms with Crippen LogP contribution >= 0.6 is 0 Å². The van der Waals surface area contributed by atoms with Gasteiger partial charge in [-0.15, -0.1) is 0 Å². The first-order valence-electron chi connectivity index (χ1n) is 5.87. The summed E-state index contributed by atoms with van der Waals surface area (Å²) in [5, 5.41) is 8.97. The third-order valence-corrected chi connectivity index (χ3v) is 3.69. The fraction of sp³-hybridized carbons (Fsp3) is 1.00. The zero-order chi connectivity index (χ0) is 10.0. The van der Waals surface area contributed by atoms with Gasteiger partial charge in [0.25, 0.3) is 0 Å². The van der Waals surface area contributed by atoms with Gasteiger partial charge in [-0.1, -0.05) is 0 Å². The number of likely N-dealkylation sites (tertiary alicyclic amines) is 1. The normalized spacial score (nSPS) is 35.6. The average molecular weight is 198 g/mol. The van der Waals surface area contributed by atoms with Crippen molar-refractivity contribution in [1.29, 1.82) is 0 Å². The molecule has 2 fully saturated rings. The van der Waals surface area contributed by atoms with Crippen molar-refractivity contribution in [2.75, 3.05) is 19.7 Å². The molecule has 82 valence electrons. The van der Waals surface area contributed by atoms with Crippen LogP contribution < -0.4 is 5.73 Å². The first-order valence-corrected chi connectivity index (χ1v) is 5.87. The predicted molar refractivity (Wildman–Crippen MR) is 57.1 cm³/mol. The van der Waals surface area contributed by atoms with Gasteiger partial charge in [0.2, 0.25) is 0 Å². The Morgan fingerprint density at radius 2 is 2.07 bits per heavy atom. The molecule has 0 amide bonds. The van der Waals surface area contributed by atoms with Crippen LogP contribution in [0.5, 0.6) is 0 Å². The van der Waals surface area contributed by atoms with Crippen molar-refractivity contribution >= 4 is 0 Å². The SMILES string of the molecule is NC1(CCO)CCCN(C2CC2)CC1. The molecule has 0 bridgehead atoms. The van der Waals surface area contributed by atoms with Gasteiger partial charge < -0.3 is 15.7 Å². The monoisotopic (exact) mass is 198 g/mol. The topological polar surface area (TPSA) is 49.5 Å². The van der Waals surface area contributed by atoms with Crippen molar-refractivity contribution in [3.05, 3.63) is 0 Å². The molecule has 1 saturated carbocycles. The Morgan fingerprint density at radius 1 is 1.29 bits per heavy atom. The lowest BCUT2D eigenvalue weighted by atomic mass is 9.89. The maximum absolute atomic E-state index is 8.97. The smallest absolute Gasteiger partial charge is 0.0448 e. The summed E-state index contributed by atoms with van der Waals surface area (Å²) in [4.78, 5) is 2.59. The van der Waals surface area contributed by atoms with Crippen LogP contribution in [0.1, 0.15) is 38.5 Å². The second-order valence-corrected chi connectivity index (χ2v) is 4.96. The summed E-state index contributed by atoms with van der Waals surface area (Å²) in [5.41, 5.74) is 6.18. The van der Waals surface area contributed by atoms with Crippen molar-refractivity contribution < 1.29 is 5.11 Å². The first-order chi connectivity index (χ1) is 6.73. The number of hydrogen-bond donors (Lipinski definition) is 2. The maximum atomic E-state index is 8.97. The standard InChI is InChI=1S/C11H22N2O/c12-11(6-9-14)4-1-7-13(8-5-11)10-2-3-10/h10,14H,1-9,12H2. The molecule has 1 aliphatic heterocycles. The second-order valence-electron chi connectivity index (χ2n) is 4.96. The summed E-state index contributed by atoms with van der Waals surface area (Å²) < 4.78 is 0. The number of aliphatic hydroxyl groups excluding tert-OH is 1. The molecule has 2 aliphatic rings. The second kappa shape index (κ2) is 4.17. The molecule has 0 aromatic heterocycles. The van der Waals surface area contributed by atoms with Gasteiger partial charge in [0.05, 0.1) is 0 Å². The molecule has 1 saturated heterocycles. The largest absolute Gasteiger partial charge is 0.396 e. The highest BCUT2D eigenvalue weighted by molar-refractivity contribution is 4.92. The molecular weight excluding hydrogens is 176 g/mol. The number of rotatable bonds is 3. The van der Waals surface area contributed by atoms with Crippen LogP contribution in [0.15, 0.2) is 0 Å². The highest BCUT2D eigenvalue weighted by atomic mass is 16.3. The quantitative estimate of drug-likeness (QED) is 0.702. The molecule has 0 aromatic carbocycles. The van der Waals surface area contributed by atoms with Gasteiger partial charge in [-0.3, -0.25) is 0 Å². The van der Waals surface area contributed by atoms with E-state index < -0.39 is 0 Å². The predicted octanol–water partition coefficient (Wildman–Crippen LogP) is 0.715. The van der Waals surface area contributed by atoms with E-state index in [1.54, 1.807) is 0 Å². The van der Waals surface area contributed by atoms with E-state index in [4.69, 9.17) is 10.8 Å². The Bertz CT molecular complexity index is 194. The van der Waals surface area contributed by atoms with Crippen molar-refractivity contribution in [2.24, 2.45) is 5.73 Å². The van der Waals surface area contributed by atoms with Crippen LogP contribution in [0.2, 0.25) is 0 Å². The summed E-state index contributed by atoms with van der Waals surface area (Å²) in [6.07, 6.45) is 6.88. The van der Waals surface area contributed by atoms with Crippen molar-refractivity contribution in [3.8, 4) is 0 Å². The number of aliphatic hydroxyl groups is 1. The third-order valence-electron chi connectivity index (χ3n) is 3.69. The van der Waals surface area contributed by atoms with E-state index in [1.807, 2.05) is 0 Å². The summed E-state index contributed by atoms with van der Waals surface area (Å²) in [5.74, 6) is 0. The molecule has 1 unspecified atom stereocenters. The molecule has 3 nitrogen and oxygen atoms in total. The zero-order valence-corrected chi connectivity index (χ0v) is 8.91. The lowest BCUT2D eigenvalue weighted by molar-refractivity contribution is 0.218. The fourth-order valence-electron chi connectivity index (χ4n) is 2.51. The van der Waals surface area contributed by atoms with E-state index in [1.165, 1.54) is 25.8 Å². The zero-order valence-electron chi connectivity index (χ0n) is 8.91. The lowest BCUT2D eigenvalue weighted by Crippen LogP contribution is -2.41. The molecule has 3 heteroatoms. The number of nitrogens with two attached hydrogens (primary N) is 1. The molecule has 1 aliphatic carbocycles. The van der Waals surface area contributed by atoms with E-state index in [0.717, 1.165) is 31.8 Å². The molecule has 3 N–H and O–H groups in total. The molecule has 2 rings (SSSR count). The van der Waals surface area contributed by atoms with Crippen molar-refractivity contribution in [3.63, 3.8) is 0 Å². The fourth-order valence-corrected chi connectivity index (χ4v) is 2.51. The molecule has 1 heterocycles. The molecule has 1 atom stereocenters. The van der Waals surface area contributed by atoms with Crippen molar-refractivity contribution in [2.45, 2.75) is 50.1 Å². The number of hydrogen-bond acceptors (Lipinski definition) is 3. The van der Waals surface area contributed by atoms with Crippen LogP contribution in [0.25, 0.3) is 0 Å². The Kier molecular flexibility index (Phi) is 3.10. The minimum atomic E-state index is -0.0849. The Balaban J connectivity index is 1.86. The first kappa shape index (κ1) is 10.4. The molecule has 14 heavy (non-hydrogen) atoms. The van der Waals surface area contributed by atoms with Crippen LogP contribution in [-0.4, -0.2) is 41.3 Å². The summed E-state index contributed by atoms with van der Waals surface area (Å²) in [7, 11) is 0. The van der Waals surface area contributed by atoms with Crippen LogP contribution in [-0.2, 0) is 0 Å². The van der Waals surface area contributed by atoms with E-state index in [0.29, 0.717) is 0 Å². The van der Waals surface area contributed by atoms with Gasteiger partial charge in [-0.2, -0.15) is 0 Å². The summed E-state index contributed by atoms with van der Waals surface area (Å²) in [6.45, 7) is 2.59. The van der Waals surface area contributed by atoms with Crippen molar-refractivity contribution in [1.82, 2.24) is 4.90 Å². The summed E-state index contributed by atoms with van der Waals surface area (Å²) in [6, 6.07) is 0.867. The molecular formula is C11H22N2O. The Morgan fingerprint density at radius 3 is 2.71 bits per heavy atom. The minimum Gasteiger partial charge on any atom is -0.396 e. The molecule has 0 aromatic rings. The van der Waals surface area contributed by atoms with Gasteiger partial charge in [0.15, 0.2) is 0 Å². The molecule has 0 radical (unpaired) electrons. The van der Waals surface area contributed by atoms with Gasteiger partial charge >= 0.3 is 0 Å². The Hall–Kier alpha value is -0.120. The highest BCUT2D eigenvalue weighted by Crippen LogP contribution is 2.31. The van der Waals surface area contributed by atoms with Crippen LogP contribution in [0.4, 0.5) is 0 Å².